The fraction of sp³-hybridized carbons (Fsp3) is 0.500. The minimum atomic E-state index is -0.682. The summed E-state index contributed by atoms with van der Waals surface area (Å²) in [6.07, 6.45) is 0. The average Bonchev–Trinajstić information content (AvgIpc) is 2.54. The Morgan fingerprint density at radius 1 is 1.29 bits per heavy atom. The lowest BCUT2D eigenvalue weighted by Crippen LogP contribution is -2.46. The predicted molar refractivity (Wildman–Crippen MR) is 88.2 cm³/mol. The highest BCUT2D eigenvalue weighted by molar-refractivity contribution is 5.95. The van der Waals surface area contributed by atoms with Gasteiger partial charge in [-0.3, -0.25) is 9.59 Å². The maximum absolute atomic E-state index is 13.8. The Bertz CT molecular complexity index is 566. The number of hydrogen-bond acceptors (Lipinski definition) is 5. The summed E-state index contributed by atoms with van der Waals surface area (Å²) < 4.78 is 23.8. The van der Waals surface area contributed by atoms with Crippen LogP contribution in [0.2, 0.25) is 0 Å². The SMILES string of the molecule is COCCOc1ccc(NC(=O)CNC(=O)[C@@H](N)C(C)C)cc1F. The number of nitrogens with two attached hydrogens (primary N) is 1. The third kappa shape index (κ3) is 6.51. The monoisotopic (exact) mass is 341 g/mol. The summed E-state index contributed by atoms with van der Waals surface area (Å²) in [5.41, 5.74) is 5.93. The molecule has 0 aliphatic carbocycles. The number of amides is 2. The number of anilines is 1. The smallest absolute Gasteiger partial charge is 0.243 e. The van der Waals surface area contributed by atoms with Gasteiger partial charge in [-0.1, -0.05) is 13.8 Å². The number of rotatable bonds is 9. The van der Waals surface area contributed by atoms with Crippen molar-refractivity contribution in [2.24, 2.45) is 11.7 Å². The minimum absolute atomic E-state index is 0.0344. The van der Waals surface area contributed by atoms with E-state index >= 15 is 0 Å². The van der Waals surface area contributed by atoms with E-state index in [9.17, 15) is 14.0 Å². The van der Waals surface area contributed by atoms with E-state index in [-0.39, 0.29) is 30.5 Å². The summed E-state index contributed by atoms with van der Waals surface area (Å²) in [6.45, 7) is 3.94. The molecule has 0 aromatic heterocycles. The average molecular weight is 341 g/mol. The molecule has 0 heterocycles. The highest BCUT2D eigenvalue weighted by Crippen LogP contribution is 2.21. The molecule has 7 nitrogen and oxygen atoms in total. The van der Waals surface area contributed by atoms with Gasteiger partial charge in [0.25, 0.3) is 0 Å². The molecule has 2 amide bonds. The van der Waals surface area contributed by atoms with Crippen molar-refractivity contribution in [3.8, 4) is 5.75 Å². The van der Waals surface area contributed by atoms with E-state index in [2.05, 4.69) is 10.6 Å². The largest absolute Gasteiger partial charge is 0.488 e. The molecule has 24 heavy (non-hydrogen) atoms. The molecule has 0 aliphatic rings. The van der Waals surface area contributed by atoms with E-state index in [1.54, 1.807) is 0 Å². The molecule has 0 saturated carbocycles. The van der Waals surface area contributed by atoms with Gasteiger partial charge in [-0.15, -0.1) is 0 Å². The zero-order valence-corrected chi connectivity index (χ0v) is 14.1. The Balaban J connectivity index is 2.49. The Labute approximate surface area is 140 Å². The molecule has 4 N–H and O–H groups in total. The lowest BCUT2D eigenvalue weighted by atomic mass is 10.1. The van der Waals surface area contributed by atoms with Crippen LogP contribution in [0.4, 0.5) is 10.1 Å². The third-order valence-corrected chi connectivity index (χ3v) is 3.20. The van der Waals surface area contributed by atoms with E-state index in [1.807, 2.05) is 13.8 Å². The van der Waals surface area contributed by atoms with Gasteiger partial charge in [-0.2, -0.15) is 0 Å². The van der Waals surface area contributed by atoms with Crippen molar-refractivity contribution < 1.29 is 23.5 Å². The molecular weight excluding hydrogens is 317 g/mol. The lowest BCUT2D eigenvalue weighted by Gasteiger charge is -2.15. The summed E-state index contributed by atoms with van der Waals surface area (Å²) in [6, 6.07) is 3.37. The highest BCUT2D eigenvalue weighted by Gasteiger charge is 2.17. The van der Waals surface area contributed by atoms with Gasteiger partial charge in [-0.05, 0) is 18.1 Å². The first-order chi connectivity index (χ1) is 11.3. The molecule has 1 aromatic carbocycles. The molecule has 0 unspecified atom stereocenters. The van der Waals surface area contributed by atoms with Crippen molar-refractivity contribution in [2.45, 2.75) is 19.9 Å². The fourth-order valence-electron chi connectivity index (χ4n) is 1.72. The number of hydrogen-bond donors (Lipinski definition) is 3. The molecule has 1 aromatic rings. The maximum Gasteiger partial charge on any atom is 0.243 e. The van der Waals surface area contributed by atoms with Gasteiger partial charge < -0.3 is 25.8 Å². The zero-order valence-electron chi connectivity index (χ0n) is 14.1. The molecule has 0 radical (unpaired) electrons. The van der Waals surface area contributed by atoms with E-state index in [0.29, 0.717) is 6.61 Å². The second kappa shape index (κ2) is 9.84. The maximum atomic E-state index is 13.8. The standard InChI is InChI=1S/C16H24FN3O4/c1-10(2)15(18)16(22)19-9-14(21)20-11-4-5-13(12(17)8-11)24-7-6-23-3/h4-5,8,10,15H,6-7,9,18H2,1-3H3,(H,19,22)(H,20,21)/t15-/m0/s1. The van der Waals surface area contributed by atoms with Crippen molar-refractivity contribution in [3.63, 3.8) is 0 Å². The normalized spacial score (nSPS) is 11.9. The van der Waals surface area contributed by atoms with Crippen molar-refractivity contribution in [3.05, 3.63) is 24.0 Å². The van der Waals surface area contributed by atoms with Crippen LogP contribution in [0.15, 0.2) is 18.2 Å². The second-order valence-electron chi connectivity index (χ2n) is 5.52. The van der Waals surface area contributed by atoms with Gasteiger partial charge in [0.05, 0.1) is 19.2 Å². The van der Waals surface area contributed by atoms with Crippen molar-refractivity contribution >= 4 is 17.5 Å². The molecule has 0 bridgehead atoms. The minimum Gasteiger partial charge on any atom is -0.488 e. The molecule has 0 saturated heterocycles. The lowest BCUT2D eigenvalue weighted by molar-refractivity contribution is -0.125. The number of carbonyl (C=O) groups excluding carboxylic acids is 2. The summed E-state index contributed by atoms with van der Waals surface area (Å²) in [5, 5.41) is 4.92. The molecule has 1 atom stereocenters. The number of nitrogens with one attached hydrogen (secondary N) is 2. The Morgan fingerprint density at radius 3 is 2.58 bits per heavy atom. The molecular formula is C16H24FN3O4. The van der Waals surface area contributed by atoms with Crippen LogP contribution >= 0.6 is 0 Å². The molecule has 0 fully saturated rings. The topological polar surface area (TPSA) is 103 Å². The first kappa shape index (κ1) is 19.9. The van der Waals surface area contributed by atoms with Gasteiger partial charge in [0, 0.05) is 18.9 Å². The second-order valence-corrected chi connectivity index (χ2v) is 5.52. The third-order valence-electron chi connectivity index (χ3n) is 3.20. The van der Waals surface area contributed by atoms with Crippen LogP contribution in [-0.2, 0) is 14.3 Å². The van der Waals surface area contributed by atoms with Crippen LogP contribution in [-0.4, -0.2) is 44.7 Å². The van der Waals surface area contributed by atoms with Crippen molar-refractivity contribution in [1.29, 1.82) is 0 Å². The van der Waals surface area contributed by atoms with E-state index in [4.69, 9.17) is 15.2 Å². The Hall–Kier alpha value is -2.19. The molecule has 0 aliphatic heterocycles. The fourth-order valence-corrected chi connectivity index (χ4v) is 1.72. The number of methoxy groups -OCH3 is 1. The molecule has 0 spiro atoms. The van der Waals surface area contributed by atoms with Crippen LogP contribution < -0.4 is 21.1 Å². The Kier molecular flexibility index (Phi) is 8.14. The summed E-state index contributed by atoms with van der Waals surface area (Å²) >= 11 is 0. The Morgan fingerprint density at radius 2 is 2.00 bits per heavy atom. The number of carbonyl (C=O) groups is 2. The number of ether oxygens (including phenoxy) is 2. The summed E-state index contributed by atoms with van der Waals surface area (Å²) in [5.74, 6) is -1.45. The number of halogens is 1. The molecule has 134 valence electrons. The van der Waals surface area contributed by atoms with Gasteiger partial charge in [0.15, 0.2) is 11.6 Å². The van der Waals surface area contributed by atoms with Crippen LogP contribution in [0.1, 0.15) is 13.8 Å². The first-order valence-electron chi connectivity index (χ1n) is 7.59. The number of benzene rings is 1. The quantitative estimate of drug-likeness (QED) is 0.579. The highest BCUT2D eigenvalue weighted by atomic mass is 19.1. The van der Waals surface area contributed by atoms with Crippen molar-refractivity contribution in [1.82, 2.24) is 5.32 Å². The van der Waals surface area contributed by atoms with E-state index in [0.717, 1.165) is 6.07 Å². The van der Waals surface area contributed by atoms with Crippen LogP contribution in [0, 0.1) is 11.7 Å². The van der Waals surface area contributed by atoms with Gasteiger partial charge >= 0.3 is 0 Å². The zero-order chi connectivity index (χ0) is 18.1. The molecule has 8 heteroatoms. The van der Waals surface area contributed by atoms with Crippen LogP contribution in [0.3, 0.4) is 0 Å². The first-order valence-corrected chi connectivity index (χ1v) is 7.59. The molecule has 1 rings (SSSR count). The summed E-state index contributed by atoms with van der Waals surface area (Å²) in [7, 11) is 1.52. The van der Waals surface area contributed by atoms with Gasteiger partial charge in [-0.25, -0.2) is 4.39 Å². The van der Waals surface area contributed by atoms with E-state index < -0.39 is 23.7 Å². The predicted octanol–water partition coefficient (Wildman–Crippen LogP) is 0.889. The van der Waals surface area contributed by atoms with Crippen LogP contribution in [0.5, 0.6) is 5.75 Å². The van der Waals surface area contributed by atoms with Crippen LogP contribution in [0.25, 0.3) is 0 Å². The summed E-state index contributed by atoms with van der Waals surface area (Å²) in [4.78, 5) is 23.4. The van der Waals surface area contributed by atoms with Gasteiger partial charge in [0.2, 0.25) is 11.8 Å². The van der Waals surface area contributed by atoms with Crippen molar-refractivity contribution in [2.75, 3.05) is 32.2 Å². The van der Waals surface area contributed by atoms with E-state index in [1.165, 1.54) is 19.2 Å². The van der Waals surface area contributed by atoms with Gasteiger partial charge in [0.1, 0.15) is 6.61 Å².